The molecule has 2 aromatic rings. The van der Waals surface area contributed by atoms with Gasteiger partial charge in [0.1, 0.15) is 22.3 Å². The van der Waals surface area contributed by atoms with Crippen molar-refractivity contribution in [1.29, 1.82) is 0 Å². The average Bonchev–Trinajstić information content (AvgIpc) is 3.05. The zero-order valence-electron chi connectivity index (χ0n) is 15.1. The number of benzene rings is 1. The van der Waals surface area contributed by atoms with Crippen molar-refractivity contribution in [3.8, 4) is 0 Å². The zero-order valence-corrected chi connectivity index (χ0v) is 16.6. The number of fused-ring (bicyclic) bond motifs is 3. The summed E-state index contributed by atoms with van der Waals surface area (Å²) in [6.45, 7) is 0.487. The molecule has 2 fully saturated rings. The summed E-state index contributed by atoms with van der Waals surface area (Å²) >= 11 is 12.1. The molecule has 150 valence electrons. The van der Waals surface area contributed by atoms with Gasteiger partial charge in [-0.15, -0.1) is 0 Å². The zero-order chi connectivity index (χ0) is 20.3. The number of carbonyl (C=O) groups excluding carboxylic acids is 2. The molecule has 0 radical (unpaired) electrons. The lowest BCUT2D eigenvalue weighted by atomic mass is 9.70. The van der Waals surface area contributed by atoms with Crippen molar-refractivity contribution in [2.75, 3.05) is 11.9 Å². The highest BCUT2D eigenvalue weighted by molar-refractivity contribution is 6.30. The largest absolute Gasteiger partial charge is 0.356 e. The van der Waals surface area contributed by atoms with Crippen LogP contribution < -0.4 is 16.0 Å². The molecule has 3 aliphatic heterocycles. The van der Waals surface area contributed by atoms with E-state index in [0.717, 1.165) is 0 Å². The molecule has 2 amide bonds. The van der Waals surface area contributed by atoms with Gasteiger partial charge in [0.2, 0.25) is 5.91 Å². The van der Waals surface area contributed by atoms with Gasteiger partial charge < -0.3 is 10.6 Å². The second kappa shape index (κ2) is 6.65. The highest BCUT2D eigenvalue weighted by Crippen LogP contribution is 2.55. The Balaban J connectivity index is 1.75. The topological polar surface area (TPSA) is 83.1 Å². The van der Waals surface area contributed by atoms with Gasteiger partial charge >= 0.3 is 0 Å². The molecule has 0 bridgehead atoms. The van der Waals surface area contributed by atoms with Crippen LogP contribution in [0.1, 0.15) is 29.9 Å². The summed E-state index contributed by atoms with van der Waals surface area (Å²) in [6.07, 6.45) is 0.806. The van der Waals surface area contributed by atoms with Crippen molar-refractivity contribution in [2.45, 2.75) is 30.3 Å². The van der Waals surface area contributed by atoms with Gasteiger partial charge in [0.15, 0.2) is 0 Å². The summed E-state index contributed by atoms with van der Waals surface area (Å²) in [5, 5.41) is 9.33. The van der Waals surface area contributed by atoms with Crippen molar-refractivity contribution in [3.05, 3.63) is 57.5 Å². The maximum Gasteiger partial charge on any atom is 0.251 e. The average molecular weight is 435 g/mol. The van der Waals surface area contributed by atoms with Crippen molar-refractivity contribution < 1.29 is 14.0 Å². The SMILES string of the molecule is O=C1C[C@@H]2[C@H](CCN1)N[C@@]1(C(=O)Nc3nc(Cl)ccc31)[C@H]2c1cccc(Cl)c1F. The lowest BCUT2D eigenvalue weighted by molar-refractivity contribution is -0.124. The van der Waals surface area contributed by atoms with Gasteiger partial charge in [0, 0.05) is 30.5 Å². The normalized spacial score (nSPS) is 30.5. The molecule has 5 rings (SSSR count). The molecule has 4 heterocycles. The number of anilines is 1. The smallest absolute Gasteiger partial charge is 0.251 e. The molecule has 1 aromatic carbocycles. The lowest BCUT2D eigenvalue weighted by Crippen LogP contribution is -2.49. The molecule has 3 N–H and O–H groups in total. The Morgan fingerprint density at radius 2 is 2.00 bits per heavy atom. The van der Waals surface area contributed by atoms with Crippen molar-refractivity contribution in [1.82, 2.24) is 15.6 Å². The van der Waals surface area contributed by atoms with Crippen LogP contribution >= 0.6 is 23.2 Å². The Morgan fingerprint density at radius 3 is 2.83 bits per heavy atom. The summed E-state index contributed by atoms with van der Waals surface area (Å²) in [5.74, 6) is -1.61. The molecule has 1 aromatic heterocycles. The molecule has 29 heavy (non-hydrogen) atoms. The molecular weight excluding hydrogens is 418 g/mol. The monoisotopic (exact) mass is 434 g/mol. The molecule has 1 spiro atoms. The summed E-state index contributed by atoms with van der Waals surface area (Å²) in [4.78, 5) is 29.9. The van der Waals surface area contributed by atoms with E-state index in [9.17, 15) is 9.59 Å². The number of hydrogen-bond donors (Lipinski definition) is 3. The van der Waals surface area contributed by atoms with E-state index in [0.29, 0.717) is 29.9 Å². The van der Waals surface area contributed by atoms with Crippen LogP contribution in [0.5, 0.6) is 0 Å². The number of carbonyl (C=O) groups is 2. The number of amides is 2. The highest BCUT2D eigenvalue weighted by atomic mass is 35.5. The Kier molecular flexibility index (Phi) is 4.31. The summed E-state index contributed by atoms with van der Waals surface area (Å²) in [6, 6.07) is 7.94. The van der Waals surface area contributed by atoms with Gasteiger partial charge in [-0.05, 0) is 36.1 Å². The second-order valence-corrected chi connectivity index (χ2v) is 8.46. The Labute approximate surface area is 176 Å². The van der Waals surface area contributed by atoms with Crippen LogP contribution in [-0.2, 0) is 15.1 Å². The van der Waals surface area contributed by atoms with E-state index in [1.807, 2.05) is 0 Å². The quantitative estimate of drug-likeness (QED) is 0.602. The summed E-state index contributed by atoms with van der Waals surface area (Å²) in [5.41, 5.74) is -0.347. The van der Waals surface area contributed by atoms with Gasteiger partial charge in [-0.2, -0.15) is 0 Å². The first-order chi connectivity index (χ1) is 13.9. The van der Waals surface area contributed by atoms with Crippen LogP contribution in [0.4, 0.5) is 10.2 Å². The number of nitrogens with zero attached hydrogens (tertiary/aromatic N) is 1. The van der Waals surface area contributed by atoms with E-state index in [-0.39, 0.29) is 40.4 Å². The van der Waals surface area contributed by atoms with E-state index in [1.54, 1.807) is 24.3 Å². The molecule has 0 aliphatic carbocycles. The van der Waals surface area contributed by atoms with Gasteiger partial charge in [-0.25, -0.2) is 9.37 Å². The number of pyridine rings is 1. The maximum atomic E-state index is 15.2. The maximum absolute atomic E-state index is 15.2. The molecule has 0 saturated carbocycles. The minimum Gasteiger partial charge on any atom is -0.356 e. The van der Waals surface area contributed by atoms with Gasteiger partial charge in [0.25, 0.3) is 5.91 Å². The van der Waals surface area contributed by atoms with Crippen molar-refractivity contribution >= 4 is 40.8 Å². The van der Waals surface area contributed by atoms with E-state index >= 15 is 4.39 Å². The molecule has 4 atom stereocenters. The third-order valence-electron chi connectivity index (χ3n) is 6.22. The molecule has 6 nitrogen and oxygen atoms in total. The molecule has 9 heteroatoms. The van der Waals surface area contributed by atoms with E-state index in [2.05, 4.69) is 20.9 Å². The first kappa shape index (κ1) is 18.8. The number of rotatable bonds is 1. The Bertz CT molecular complexity index is 1050. The Morgan fingerprint density at radius 1 is 1.17 bits per heavy atom. The Hall–Kier alpha value is -2.22. The van der Waals surface area contributed by atoms with Gasteiger partial charge in [0.05, 0.1) is 5.02 Å². The third-order valence-corrected chi connectivity index (χ3v) is 6.72. The van der Waals surface area contributed by atoms with Crippen LogP contribution in [0.15, 0.2) is 30.3 Å². The summed E-state index contributed by atoms with van der Waals surface area (Å²) < 4.78 is 15.2. The predicted molar refractivity (Wildman–Crippen MR) is 106 cm³/mol. The third kappa shape index (κ3) is 2.68. The molecule has 3 aliphatic rings. The second-order valence-electron chi connectivity index (χ2n) is 7.67. The minimum absolute atomic E-state index is 0.0213. The molecular formula is C20H17Cl2FN4O2. The van der Waals surface area contributed by atoms with E-state index < -0.39 is 17.3 Å². The van der Waals surface area contributed by atoms with Crippen molar-refractivity contribution in [3.63, 3.8) is 0 Å². The van der Waals surface area contributed by atoms with E-state index in [1.165, 1.54) is 6.07 Å². The first-order valence-electron chi connectivity index (χ1n) is 9.38. The number of aromatic nitrogens is 1. The van der Waals surface area contributed by atoms with Gasteiger partial charge in [-0.3, -0.25) is 14.9 Å². The lowest BCUT2D eigenvalue weighted by Gasteiger charge is -2.32. The fourth-order valence-electron chi connectivity index (χ4n) is 5.10. The van der Waals surface area contributed by atoms with Crippen LogP contribution in [0.2, 0.25) is 10.2 Å². The highest BCUT2D eigenvalue weighted by Gasteiger charge is 2.63. The number of hydrogen-bond acceptors (Lipinski definition) is 4. The van der Waals surface area contributed by atoms with Crippen molar-refractivity contribution in [2.24, 2.45) is 5.92 Å². The number of nitrogens with one attached hydrogen (secondary N) is 3. The predicted octanol–water partition coefficient (Wildman–Crippen LogP) is 2.96. The summed E-state index contributed by atoms with van der Waals surface area (Å²) in [7, 11) is 0. The molecule has 0 unspecified atom stereocenters. The van der Waals surface area contributed by atoms with Crippen LogP contribution in [0.25, 0.3) is 0 Å². The van der Waals surface area contributed by atoms with Crippen LogP contribution in [-0.4, -0.2) is 29.4 Å². The molecule has 2 saturated heterocycles. The van der Waals surface area contributed by atoms with Crippen LogP contribution in [0, 0.1) is 11.7 Å². The minimum atomic E-state index is -1.26. The van der Waals surface area contributed by atoms with Gasteiger partial charge in [-0.1, -0.05) is 35.3 Å². The fraction of sp³-hybridized carbons (Fsp3) is 0.350. The first-order valence-corrected chi connectivity index (χ1v) is 10.1. The van der Waals surface area contributed by atoms with Crippen LogP contribution in [0.3, 0.4) is 0 Å². The standard InChI is InChI=1S/C20H17Cl2FN4O2/c21-12-3-1-2-9(17(12)23)16-10-8-15(28)24-7-6-13(10)27-20(16)11-4-5-14(22)25-18(11)26-19(20)29/h1-5,10,13,16,27H,6-8H2,(H,24,28)(H,25,26,29)/t10-,13+,16+,20-/m1/s1. The fourth-order valence-corrected chi connectivity index (χ4v) is 5.43. The van der Waals surface area contributed by atoms with E-state index in [4.69, 9.17) is 23.2 Å². The number of halogens is 3.